The molecule has 1 saturated heterocycles. The second kappa shape index (κ2) is 6.09. The van der Waals surface area contributed by atoms with Crippen LogP contribution in [0.25, 0.3) is 0 Å². The first-order chi connectivity index (χ1) is 8.96. The van der Waals surface area contributed by atoms with Crippen molar-refractivity contribution in [3.05, 3.63) is 28.0 Å². The predicted molar refractivity (Wildman–Crippen MR) is 78.1 cm³/mol. The topological polar surface area (TPSA) is 63.4 Å². The number of sulfonamides is 1. The van der Waals surface area contributed by atoms with Gasteiger partial charge in [-0.25, -0.2) is 12.8 Å². The van der Waals surface area contributed by atoms with Gasteiger partial charge in [-0.15, -0.1) is 0 Å². The summed E-state index contributed by atoms with van der Waals surface area (Å²) in [6, 6.07) is 2.80. The third-order valence-corrected chi connectivity index (χ3v) is 6.19. The van der Waals surface area contributed by atoms with Gasteiger partial charge in [0.2, 0.25) is 10.0 Å². The monoisotopic (exact) mass is 368 g/mol. The number of rotatable bonds is 3. The molecule has 0 unspecified atom stereocenters. The molecule has 0 spiro atoms. The van der Waals surface area contributed by atoms with E-state index in [1.807, 2.05) is 0 Å². The van der Waals surface area contributed by atoms with Gasteiger partial charge in [0, 0.05) is 41.2 Å². The van der Waals surface area contributed by atoms with Crippen LogP contribution in [-0.2, 0) is 16.6 Å². The van der Waals surface area contributed by atoms with E-state index in [4.69, 9.17) is 5.73 Å². The smallest absolute Gasteiger partial charge is 0.246 e. The number of nitrogens with zero attached hydrogens (tertiary/aromatic N) is 1. The zero-order chi connectivity index (χ0) is 14.0. The normalized spacial score (nSPS) is 17.6. The van der Waals surface area contributed by atoms with E-state index in [-0.39, 0.29) is 17.0 Å². The third kappa shape index (κ3) is 3.13. The van der Waals surface area contributed by atoms with Gasteiger partial charge in [-0.3, -0.25) is 0 Å². The lowest BCUT2D eigenvalue weighted by Crippen LogP contribution is -2.38. The van der Waals surface area contributed by atoms with E-state index in [2.05, 4.69) is 15.9 Å². The lowest BCUT2D eigenvalue weighted by molar-refractivity contribution is 0.437. The molecule has 0 atom stereocenters. The zero-order valence-corrected chi connectivity index (χ0v) is 13.3. The average molecular weight is 369 g/mol. The SMILES string of the molecule is NCc1cc(Br)cc(S(=O)(=O)N2CCSCC2)c1F. The highest BCUT2D eigenvalue weighted by Crippen LogP contribution is 2.27. The van der Waals surface area contributed by atoms with Crippen molar-refractivity contribution >= 4 is 37.7 Å². The van der Waals surface area contributed by atoms with Crippen LogP contribution < -0.4 is 5.73 Å². The van der Waals surface area contributed by atoms with E-state index in [0.29, 0.717) is 17.6 Å². The molecule has 1 fully saturated rings. The molecule has 4 nitrogen and oxygen atoms in total. The molecule has 1 heterocycles. The molecule has 1 aromatic rings. The molecule has 1 aliphatic rings. The van der Waals surface area contributed by atoms with Crippen molar-refractivity contribution < 1.29 is 12.8 Å². The molecule has 0 radical (unpaired) electrons. The first-order valence-corrected chi connectivity index (χ1v) is 9.11. The molecule has 0 bridgehead atoms. The first-order valence-electron chi connectivity index (χ1n) is 5.72. The average Bonchev–Trinajstić information content (AvgIpc) is 2.41. The van der Waals surface area contributed by atoms with Crippen LogP contribution in [0.1, 0.15) is 5.56 Å². The molecule has 8 heteroatoms. The van der Waals surface area contributed by atoms with Crippen LogP contribution in [0.5, 0.6) is 0 Å². The van der Waals surface area contributed by atoms with E-state index >= 15 is 0 Å². The summed E-state index contributed by atoms with van der Waals surface area (Å²) in [7, 11) is -3.79. The van der Waals surface area contributed by atoms with E-state index in [9.17, 15) is 12.8 Å². The van der Waals surface area contributed by atoms with Crippen molar-refractivity contribution in [1.82, 2.24) is 4.31 Å². The maximum atomic E-state index is 14.2. The van der Waals surface area contributed by atoms with Gasteiger partial charge in [0.15, 0.2) is 0 Å². The highest BCUT2D eigenvalue weighted by molar-refractivity contribution is 9.10. The number of thioether (sulfide) groups is 1. The number of hydrogen-bond acceptors (Lipinski definition) is 4. The highest BCUT2D eigenvalue weighted by atomic mass is 79.9. The summed E-state index contributed by atoms with van der Waals surface area (Å²) in [5.41, 5.74) is 5.63. The van der Waals surface area contributed by atoms with Crippen molar-refractivity contribution in [3.63, 3.8) is 0 Å². The van der Waals surface area contributed by atoms with Gasteiger partial charge < -0.3 is 5.73 Å². The Kier molecular flexibility index (Phi) is 4.88. The van der Waals surface area contributed by atoms with Gasteiger partial charge in [0.05, 0.1) is 0 Å². The van der Waals surface area contributed by atoms with Gasteiger partial charge in [-0.2, -0.15) is 16.1 Å². The van der Waals surface area contributed by atoms with Crippen LogP contribution in [0, 0.1) is 5.82 Å². The quantitative estimate of drug-likeness (QED) is 0.883. The molecule has 0 aromatic heterocycles. The van der Waals surface area contributed by atoms with E-state index in [0.717, 1.165) is 11.5 Å². The molecule has 1 aliphatic heterocycles. The Morgan fingerprint density at radius 3 is 2.58 bits per heavy atom. The molecule has 0 saturated carbocycles. The van der Waals surface area contributed by atoms with Crippen molar-refractivity contribution in [2.24, 2.45) is 5.73 Å². The van der Waals surface area contributed by atoms with Crippen LogP contribution in [0.3, 0.4) is 0 Å². The Hall–Kier alpha value is -0.150. The van der Waals surface area contributed by atoms with Gasteiger partial charge in [0.25, 0.3) is 0 Å². The van der Waals surface area contributed by atoms with Gasteiger partial charge in [-0.1, -0.05) is 15.9 Å². The summed E-state index contributed by atoms with van der Waals surface area (Å²) in [6.45, 7) is 0.789. The minimum absolute atomic E-state index is 0.0381. The predicted octanol–water partition coefficient (Wildman–Crippen LogP) is 1.78. The number of hydrogen-bond donors (Lipinski definition) is 1. The fourth-order valence-corrected chi connectivity index (χ4v) is 5.25. The van der Waals surface area contributed by atoms with E-state index in [1.165, 1.54) is 16.4 Å². The summed E-state index contributed by atoms with van der Waals surface area (Å²) < 4.78 is 40.9. The molecule has 2 rings (SSSR count). The second-order valence-electron chi connectivity index (χ2n) is 4.10. The summed E-state index contributed by atoms with van der Waals surface area (Å²) in [6.07, 6.45) is 0. The molecule has 106 valence electrons. The molecule has 1 aromatic carbocycles. The zero-order valence-electron chi connectivity index (χ0n) is 10.1. The Balaban J connectivity index is 2.47. The van der Waals surface area contributed by atoms with Crippen molar-refractivity contribution in [3.8, 4) is 0 Å². The van der Waals surface area contributed by atoms with Crippen LogP contribution in [0.4, 0.5) is 4.39 Å². The lowest BCUT2D eigenvalue weighted by atomic mass is 10.2. The molecule has 0 aliphatic carbocycles. The Morgan fingerprint density at radius 2 is 2.00 bits per heavy atom. The minimum atomic E-state index is -3.79. The number of halogens is 2. The van der Waals surface area contributed by atoms with Crippen LogP contribution in [-0.4, -0.2) is 37.3 Å². The van der Waals surface area contributed by atoms with Crippen molar-refractivity contribution in [2.75, 3.05) is 24.6 Å². The fraction of sp³-hybridized carbons (Fsp3) is 0.455. The number of nitrogens with two attached hydrogens (primary N) is 1. The minimum Gasteiger partial charge on any atom is -0.326 e. The Morgan fingerprint density at radius 1 is 1.37 bits per heavy atom. The van der Waals surface area contributed by atoms with Gasteiger partial charge in [0.1, 0.15) is 10.7 Å². The van der Waals surface area contributed by atoms with Crippen LogP contribution >= 0.6 is 27.7 Å². The van der Waals surface area contributed by atoms with E-state index < -0.39 is 15.8 Å². The fourth-order valence-electron chi connectivity index (χ4n) is 1.88. The van der Waals surface area contributed by atoms with Crippen molar-refractivity contribution in [2.45, 2.75) is 11.4 Å². The first kappa shape index (κ1) is 15.2. The highest BCUT2D eigenvalue weighted by Gasteiger charge is 2.30. The Labute approximate surface area is 124 Å². The number of benzene rings is 1. The van der Waals surface area contributed by atoms with Gasteiger partial charge in [-0.05, 0) is 12.1 Å². The molecule has 0 amide bonds. The Bertz CT molecular complexity index is 574. The lowest BCUT2D eigenvalue weighted by Gasteiger charge is -2.26. The molecule has 19 heavy (non-hydrogen) atoms. The van der Waals surface area contributed by atoms with Crippen molar-refractivity contribution in [1.29, 1.82) is 0 Å². The third-order valence-electron chi connectivity index (χ3n) is 2.89. The van der Waals surface area contributed by atoms with Crippen LogP contribution in [0.15, 0.2) is 21.5 Å². The maximum absolute atomic E-state index is 14.2. The summed E-state index contributed by atoms with van der Waals surface area (Å²) in [4.78, 5) is -0.297. The van der Waals surface area contributed by atoms with E-state index in [1.54, 1.807) is 11.8 Å². The second-order valence-corrected chi connectivity index (χ2v) is 8.14. The largest absolute Gasteiger partial charge is 0.326 e. The summed E-state index contributed by atoms with van der Waals surface area (Å²) in [5.74, 6) is 0.723. The molecular weight excluding hydrogens is 355 g/mol. The summed E-state index contributed by atoms with van der Waals surface area (Å²) >= 11 is 4.89. The molecule has 2 N–H and O–H groups in total. The standard InChI is InChI=1S/C11H14BrFN2O2S2/c12-9-5-8(7-14)11(13)10(6-9)19(16,17)15-1-3-18-4-2-15/h5-6H,1-4,7,14H2. The van der Waals surface area contributed by atoms with Crippen LogP contribution in [0.2, 0.25) is 0 Å². The van der Waals surface area contributed by atoms with Gasteiger partial charge >= 0.3 is 0 Å². The summed E-state index contributed by atoms with van der Waals surface area (Å²) in [5, 5.41) is 0. The maximum Gasteiger partial charge on any atom is 0.246 e. The molecular formula is C11H14BrFN2O2S2.